The number of hydrogen-bond donors (Lipinski definition) is 1. The van der Waals surface area contributed by atoms with E-state index in [2.05, 4.69) is 0 Å². The fourth-order valence-corrected chi connectivity index (χ4v) is 2.74. The number of aromatic hydroxyl groups is 1. The first kappa shape index (κ1) is 16.0. The summed E-state index contributed by atoms with van der Waals surface area (Å²) in [7, 11) is 1.47. The third-order valence-corrected chi connectivity index (χ3v) is 4.03. The molecule has 1 aliphatic rings. The van der Waals surface area contributed by atoms with E-state index in [1.165, 1.54) is 19.2 Å². The molecule has 2 aromatic carbocycles. The third-order valence-electron chi connectivity index (χ3n) is 4.03. The number of phenols is 1. The van der Waals surface area contributed by atoms with Crippen LogP contribution in [0.25, 0.3) is 12.2 Å². The Morgan fingerprint density at radius 1 is 1.08 bits per heavy atom. The highest BCUT2D eigenvalue weighted by Crippen LogP contribution is 2.32. The van der Waals surface area contributed by atoms with E-state index in [-0.39, 0.29) is 17.3 Å². The lowest BCUT2D eigenvalue weighted by atomic mass is 10.1. The van der Waals surface area contributed by atoms with E-state index in [4.69, 9.17) is 4.74 Å². The van der Waals surface area contributed by atoms with Crippen LogP contribution in [0.2, 0.25) is 0 Å². The van der Waals surface area contributed by atoms with Crippen LogP contribution in [0.4, 0.5) is 4.39 Å². The first-order chi connectivity index (χ1) is 11.6. The van der Waals surface area contributed by atoms with E-state index in [0.29, 0.717) is 35.3 Å². The number of benzene rings is 2. The number of halogens is 1. The minimum absolute atomic E-state index is 0.0533. The lowest BCUT2D eigenvalue weighted by Crippen LogP contribution is -1.96. The summed E-state index contributed by atoms with van der Waals surface area (Å²) in [5.41, 5.74) is 2.48. The Balaban J connectivity index is 1.87. The normalized spacial score (nSPS) is 17.7. The Kier molecular flexibility index (Phi) is 4.47. The highest BCUT2D eigenvalue weighted by Gasteiger charge is 2.23. The number of Topliss-reactive ketones (excluding diaryl/α,β-unsaturated/α-hetero) is 1. The second kappa shape index (κ2) is 6.71. The summed E-state index contributed by atoms with van der Waals surface area (Å²) < 4.78 is 18.8. The van der Waals surface area contributed by atoms with E-state index in [1.54, 1.807) is 42.5 Å². The molecule has 1 saturated carbocycles. The molecule has 4 heteroatoms. The number of ether oxygens (including phenoxy) is 1. The van der Waals surface area contributed by atoms with E-state index >= 15 is 0 Å². The van der Waals surface area contributed by atoms with Crippen LogP contribution in [-0.2, 0) is 4.79 Å². The van der Waals surface area contributed by atoms with E-state index in [0.717, 1.165) is 5.56 Å². The second-order valence-corrected chi connectivity index (χ2v) is 5.62. The maximum absolute atomic E-state index is 13.7. The molecule has 2 aromatic rings. The van der Waals surface area contributed by atoms with Crippen molar-refractivity contribution in [2.75, 3.05) is 7.11 Å². The fourth-order valence-electron chi connectivity index (χ4n) is 2.74. The van der Waals surface area contributed by atoms with Gasteiger partial charge in [-0.3, -0.25) is 4.79 Å². The molecule has 0 unspecified atom stereocenters. The molecule has 0 aromatic heterocycles. The number of carbonyl (C=O) groups is 1. The van der Waals surface area contributed by atoms with Crippen LogP contribution in [-0.4, -0.2) is 18.0 Å². The molecular formula is C20H17FO3. The highest BCUT2D eigenvalue weighted by atomic mass is 19.1. The SMILES string of the molecule is COc1cc(/C=C2\CC/C(=C\c3ccccc3F)C2=O)ccc1O. The lowest BCUT2D eigenvalue weighted by Gasteiger charge is -2.04. The highest BCUT2D eigenvalue weighted by molar-refractivity contribution is 6.15. The number of ketones is 1. The van der Waals surface area contributed by atoms with Crippen molar-refractivity contribution in [1.29, 1.82) is 0 Å². The number of methoxy groups -OCH3 is 1. The maximum atomic E-state index is 13.7. The number of rotatable bonds is 3. The molecular weight excluding hydrogens is 307 g/mol. The minimum atomic E-state index is -0.335. The minimum Gasteiger partial charge on any atom is -0.504 e. The van der Waals surface area contributed by atoms with Crippen LogP contribution in [0, 0.1) is 5.82 Å². The van der Waals surface area contributed by atoms with Crippen LogP contribution in [0.15, 0.2) is 53.6 Å². The molecule has 0 radical (unpaired) electrons. The van der Waals surface area contributed by atoms with Gasteiger partial charge in [-0.15, -0.1) is 0 Å². The Hall–Kier alpha value is -2.88. The van der Waals surface area contributed by atoms with Gasteiger partial charge in [0.05, 0.1) is 7.11 Å². The van der Waals surface area contributed by atoms with Gasteiger partial charge < -0.3 is 9.84 Å². The average Bonchev–Trinajstić information content (AvgIpc) is 2.92. The molecule has 1 N–H and O–H groups in total. The van der Waals surface area contributed by atoms with E-state index < -0.39 is 0 Å². The first-order valence-electron chi connectivity index (χ1n) is 7.66. The standard InChI is InChI=1S/C20H17FO3/c1-24-19-11-13(6-9-18(19)22)10-15-7-8-16(20(15)23)12-14-4-2-3-5-17(14)21/h2-6,9-12,22H,7-8H2,1H3/b15-10+,16-12+. The Morgan fingerprint density at radius 2 is 1.79 bits per heavy atom. The van der Waals surface area contributed by atoms with Crippen molar-refractivity contribution in [2.24, 2.45) is 0 Å². The van der Waals surface area contributed by atoms with Gasteiger partial charge in [0.25, 0.3) is 0 Å². The predicted octanol–water partition coefficient (Wildman–Crippen LogP) is 4.37. The van der Waals surface area contributed by atoms with Gasteiger partial charge in [0.1, 0.15) is 5.82 Å². The summed E-state index contributed by atoms with van der Waals surface area (Å²) in [6.07, 6.45) is 4.61. The van der Waals surface area contributed by atoms with Crippen molar-refractivity contribution in [1.82, 2.24) is 0 Å². The molecule has 0 bridgehead atoms. The summed E-state index contributed by atoms with van der Waals surface area (Å²) in [4.78, 5) is 12.5. The van der Waals surface area contributed by atoms with Crippen molar-refractivity contribution in [3.05, 3.63) is 70.6 Å². The van der Waals surface area contributed by atoms with Crippen LogP contribution in [0.5, 0.6) is 11.5 Å². The van der Waals surface area contributed by atoms with Crippen LogP contribution in [0.3, 0.4) is 0 Å². The van der Waals surface area contributed by atoms with Gasteiger partial charge in [-0.25, -0.2) is 4.39 Å². The van der Waals surface area contributed by atoms with Gasteiger partial charge in [-0.2, -0.15) is 0 Å². The summed E-state index contributed by atoms with van der Waals surface area (Å²) >= 11 is 0. The molecule has 0 amide bonds. The summed E-state index contributed by atoms with van der Waals surface area (Å²) in [5, 5.41) is 9.62. The van der Waals surface area contributed by atoms with E-state index in [9.17, 15) is 14.3 Å². The van der Waals surface area contributed by atoms with Crippen molar-refractivity contribution in [2.45, 2.75) is 12.8 Å². The van der Waals surface area contributed by atoms with Crippen molar-refractivity contribution in [3.8, 4) is 11.5 Å². The third kappa shape index (κ3) is 3.23. The molecule has 3 nitrogen and oxygen atoms in total. The quantitative estimate of drug-likeness (QED) is 0.853. The molecule has 0 aliphatic heterocycles. The smallest absolute Gasteiger partial charge is 0.185 e. The molecule has 0 heterocycles. The maximum Gasteiger partial charge on any atom is 0.185 e. The molecule has 122 valence electrons. The molecule has 3 rings (SSSR count). The van der Waals surface area contributed by atoms with Gasteiger partial charge in [0, 0.05) is 16.7 Å². The topological polar surface area (TPSA) is 46.5 Å². The number of carbonyl (C=O) groups excluding carboxylic acids is 1. The van der Waals surface area contributed by atoms with Gasteiger partial charge in [0.2, 0.25) is 0 Å². The molecule has 0 saturated heterocycles. The van der Waals surface area contributed by atoms with Crippen molar-refractivity contribution < 1.29 is 19.0 Å². The van der Waals surface area contributed by atoms with Gasteiger partial charge >= 0.3 is 0 Å². The second-order valence-electron chi connectivity index (χ2n) is 5.62. The first-order valence-corrected chi connectivity index (χ1v) is 7.66. The Morgan fingerprint density at radius 3 is 2.50 bits per heavy atom. The summed E-state index contributed by atoms with van der Waals surface area (Å²) in [6.45, 7) is 0. The fraction of sp³-hybridized carbons (Fsp3) is 0.150. The lowest BCUT2D eigenvalue weighted by molar-refractivity contribution is -0.111. The van der Waals surface area contributed by atoms with Crippen molar-refractivity contribution in [3.63, 3.8) is 0 Å². The van der Waals surface area contributed by atoms with Gasteiger partial charge in [-0.1, -0.05) is 24.3 Å². The Bertz CT molecular complexity index is 850. The zero-order chi connectivity index (χ0) is 17.1. The predicted molar refractivity (Wildman–Crippen MR) is 91.3 cm³/mol. The van der Waals surface area contributed by atoms with E-state index in [1.807, 2.05) is 0 Å². The van der Waals surface area contributed by atoms with Crippen LogP contribution >= 0.6 is 0 Å². The Labute approximate surface area is 139 Å². The zero-order valence-corrected chi connectivity index (χ0v) is 13.3. The van der Waals surface area contributed by atoms with Gasteiger partial charge in [0.15, 0.2) is 17.3 Å². The number of hydrogen-bond acceptors (Lipinski definition) is 3. The largest absolute Gasteiger partial charge is 0.504 e. The van der Waals surface area contributed by atoms with Crippen molar-refractivity contribution >= 4 is 17.9 Å². The number of phenolic OH excluding ortho intramolecular Hbond substituents is 1. The summed E-state index contributed by atoms with van der Waals surface area (Å²) in [5.74, 6) is 0.0123. The zero-order valence-electron chi connectivity index (χ0n) is 13.3. The molecule has 1 fully saturated rings. The van der Waals surface area contributed by atoms with Crippen LogP contribution in [0.1, 0.15) is 24.0 Å². The summed E-state index contributed by atoms with van der Waals surface area (Å²) in [6, 6.07) is 11.3. The molecule has 1 aliphatic carbocycles. The molecule has 0 atom stereocenters. The molecule has 24 heavy (non-hydrogen) atoms. The van der Waals surface area contributed by atoms with Crippen LogP contribution < -0.4 is 4.74 Å². The van der Waals surface area contributed by atoms with Gasteiger partial charge in [-0.05, 0) is 48.8 Å². The average molecular weight is 324 g/mol. The monoisotopic (exact) mass is 324 g/mol. The molecule has 0 spiro atoms. The number of allylic oxidation sites excluding steroid dienone is 2.